The first-order valence-electron chi connectivity index (χ1n) is 5.44. The van der Waals surface area contributed by atoms with E-state index in [-0.39, 0.29) is 5.41 Å². The lowest BCUT2D eigenvalue weighted by Crippen LogP contribution is -2.55. The zero-order valence-corrected chi connectivity index (χ0v) is 9.86. The van der Waals surface area contributed by atoms with E-state index in [4.69, 9.17) is 0 Å². The highest BCUT2D eigenvalue weighted by molar-refractivity contribution is 5.81. The number of alkyl halides is 3. The van der Waals surface area contributed by atoms with Crippen LogP contribution in [0, 0.1) is 5.41 Å². The fourth-order valence-electron chi connectivity index (χ4n) is 1.91. The van der Waals surface area contributed by atoms with Crippen molar-refractivity contribution in [1.82, 2.24) is 10.8 Å². The fraction of sp³-hybridized carbons (Fsp3) is 0.900. The van der Waals surface area contributed by atoms with Gasteiger partial charge in [-0.15, -0.1) is 0 Å². The van der Waals surface area contributed by atoms with Gasteiger partial charge in [-0.2, -0.15) is 13.2 Å². The minimum atomic E-state index is -4.44. The zero-order chi connectivity index (χ0) is 13.1. The summed E-state index contributed by atoms with van der Waals surface area (Å²) in [6.45, 7) is 2.99. The normalized spacial score (nSPS) is 24.4. The Bertz CT molecular complexity index is 279. The third-order valence-corrected chi connectivity index (χ3v) is 2.80. The Morgan fingerprint density at radius 1 is 1.53 bits per heavy atom. The Morgan fingerprint density at radius 2 is 2.18 bits per heavy atom. The first-order valence-corrected chi connectivity index (χ1v) is 5.44. The van der Waals surface area contributed by atoms with Gasteiger partial charge in [0.15, 0.2) is 6.61 Å². The van der Waals surface area contributed by atoms with Gasteiger partial charge in [-0.3, -0.25) is 9.63 Å². The summed E-state index contributed by atoms with van der Waals surface area (Å²) in [5.41, 5.74) is 1.56. The number of amides is 1. The third kappa shape index (κ3) is 4.51. The van der Waals surface area contributed by atoms with E-state index >= 15 is 0 Å². The molecule has 1 amide bonds. The molecule has 100 valence electrons. The molecule has 1 saturated heterocycles. The maximum absolute atomic E-state index is 11.8. The second-order valence-corrected chi connectivity index (χ2v) is 4.85. The molecule has 4 nitrogen and oxygen atoms in total. The molecule has 0 saturated carbocycles. The van der Waals surface area contributed by atoms with Crippen LogP contribution in [-0.4, -0.2) is 31.3 Å². The highest BCUT2D eigenvalue weighted by Gasteiger charge is 2.37. The van der Waals surface area contributed by atoms with Crippen LogP contribution in [0.25, 0.3) is 0 Å². The molecule has 1 aliphatic rings. The van der Waals surface area contributed by atoms with Crippen molar-refractivity contribution in [2.75, 3.05) is 13.2 Å². The Kier molecular flexibility index (Phi) is 4.37. The molecule has 1 unspecified atom stereocenters. The first-order chi connectivity index (χ1) is 7.72. The number of rotatable bonds is 3. The fourth-order valence-corrected chi connectivity index (χ4v) is 1.91. The van der Waals surface area contributed by atoms with Crippen LogP contribution in [0.2, 0.25) is 0 Å². The van der Waals surface area contributed by atoms with Crippen molar-refractivity contribution in [3.05, 3.63) is 0 Å². The van der Waals surface area contributed by atoms with Crippen molar-refractivity contribution in [2.24, 2.45) is 5.41 Å². The second-order valence-electron chi connectivity index (χ2n) is 4.85. The minimum Gasteiger partial charge on any atom is -0.305 e. The molecule has 7 heteroatoms. The van der Waals surface area contributed by atoms with Gasteiger partial charge in [0.1, 0.15) is 0 Å². The predicted octanol–water partition coefficient (Wildman–Crippen LogP) is 1.37. The highest BCUT2D eigenvalue weighted by atomic mass is 19.4. The summed E-state index contributed by atoms with van der Waals surface area (Å²) in [6, 6.07) is -0.524. The van der Waals surface area contributed by atoms with E-state index in [1.807, 2.05) is 19.3 Å². The highest BCUT2D eigenvalue weighted by Crippen LogP contribution is 2.30. The Labute approximate surface area is 97.8 Å². The number of hydrogen-bond acceptors (Lipinski definition) is 3. The molecule has 1 heterocycles. The molecule has 1 rings (SSSR count). The molecular formula is C10H17F3N2O2. The zero-order valence-electron chi connectivity index (χ0n) is 9.86. The SMILES string of the molecule is CC1(C)CCCNC1C(=O)NOCC(F)(F)F. The van der Waals surface area contributed by atoms with Gasteiger partial charge in [0, 0.05) is 0 Å². The number of piperidine rings is 1. The average molecular weight is 254 g/mol. The van der Waals surface area contributed by atoms with Gasteiger partial charge in [0.05, 0.1) is 6.04 Å². The van der Waals surface area contributed by atoms with Gasteiger partial charge < -0.3 is 5.32 Å². The van der Waals surface area contributed by atoms with Gasteiger partial charge >= 0.3 is 6.18 Å². The maximum atomic E-state index is 11.8. The molecule has 0 radical (unpaired) electrons. The van der Waals surface area contributed by atoms with E-state index in [0.717, 1.165) is 12.8 Å². The standard InChI is InChI=1S/C10H17F3N2O2/c1-9(2)4-3-5-14-7(9)8(16)15-17-6-10(11,12)13/h7,14H,3-6H2,1-2H3,(H,15,16). The van der Waals surface area contributed by atoms with E-state index < -0.39 is 24.7 Å². The van der Waals surface area contributed by atoms with E-state index in [9.17, 15) is 18.0 Å². The molecule has 0 bridgehead atoms. The molecule has 0 aromatic carbocycles. The number of carbonyl (C=O) groups is 1. The van der Waals surface area contributed by atoms with Crippen LogP contribution >= 0.6 is 0 Å². The Hall–Kier alpha value is -0.820. The van der Waals surface area contributed by atoms with Gasteiger partial charge in [-0.05, 0) is 24.8 Å². The van der Waals surface area contributed by atoms with Gasteiger partial charge in [-0.25, -0.2) is 5.48 Å². The Balaban J connectivity index is 2.41. The van der Waals surface area contributed by atoms with Crippen molar-refractivity contribution >= 4 is 5.91 Å². The monoisotopic (exact) mass is 254 g/mol. The summed E-state index contributed by atoms with van der Waals surface area (Å²) in [5, 5.41) is 2.98. The lowest BCUT2D eigenvalue weighted by atomic mass is 9.77. The van der Waals surface area contributed by atoms with Crippen LogP contribution in [0.4, 0.5) is 13.2 Å². The lowest BCUT2D eigenvalue weighted by molar-refractivity contribution is -0.193. The molecule has 1 atom stereocenters. The second kappa shape index (κ2) is 5.22. The Morgan fingerprint density at radius 3 is 2.71 bits per heavy atom. The molecule has 0 spiro atoms. The topological polar surface area (TPSA) is 50.4 Å². The van der Waals surface area contributed by atoms with Crippen LogP contribution in [0.5, 0.6) is 0 Å². The summed E-state index contributed by atoms with van der Waals surface area (Å²) in [5.74, 6) is -0.557. The predicted molar refractivity (Wildman–Crippen MR) is 55.0 cm³/mol. The summed E-state index contributed by atoms with van der Waals surface area (Å²) in [4.78, 5) is 15.8. The number of hydroxylamine groups is 1. The van der Waals surface area contributed by atoms with E-state index in [1.54, 1.807) is 0 Å². The van der Waals surface area contributed by atoms with Crippen molar-refractivity contribution in [1.29, 1.82) is 0 Å². The number of halogens is 3. The summed E-state index contributed by atoms with van der Waals surface area (Å²) in [7, 11) is 0. The molecule has 1 aliphatic heterocycles. The molecule has 2 N–H and O–H groups in total. The maximum Gasteiger partial charge on any atom is 0.414 e. The molecule has 1 fully saturated rings. The van der Waals surface area contributed by atoms with Crippen LogP contribution in [0.1, 0.15) is 26.7 Å². The summed E-state index contributed by atoms with van der Waals surface area (Å²) >= 11 is 0. The van der Waals surface area contributed by atoms with Crippen molar-refractivity contribution < 1.29 is 22.8 Å². The number of hydrogen-bond donors (Lipinski definition) is 2. The molecule has 17 heavy (non-hydrogen) atoms. The van der Waals surface area contributed by atoms with E-state index in [1.165, 1.54) is 0 Å². The largest absolute Gasteiger partial charge is 0.414 e. The van der Waals surface area contributed by atoms with Crippen LogP contribution in [0.15, 0.2) is 0 Å². The van der Waals surface area contributed by atoms with Crippen LogP contribution < -0.4 is 10.8 Å². The molecular weight excluding hydrogens is 237 g/mol. The number of nitrogens with one attached hydrogen (secondary N) is 2. The van der Waals surface area contributed by atoms with E-state index in [0.29, 0.717) is 6.54 Å². The summed E-state index contributed by atoms with van der Waals surface area (Å²) in [6.07, 6.45) is -2.65. The number of carbonyl (C=O) groups excluding carboxylic acids is 1. The van der Waals surface area contributed by atoms with Crippen LogP contribution in [0.3, 0.4) is 0 Å². The van der Waals surface area contributed by atoms with Gasteiger partial charge in [-0.1, -0.05) is 13.8 Å². The summed E-state index contributed by atoms with van der Waals surface area (Å²) < 4.78 is 35.4. The van der Waals surface area contributed by atoms with Crippen molar-refractivity contribution in [3.8, 4) is 0 Å². The first kappa shape index (κ1) is 14.2. The minimum absolute atomic E-state index is 0.288. The molecule has 0 aromatic heterocycles. The smallest absolute Gasteiger partial charge is 0.305 e. The van der Waals surface area contributed by atoms with Gasteiger partial charge in [0.2, 0.25) is 0 Å². The molecule has 0 aliphatic carbocycles. The third-order valence-electron chi connectivity index (χ3n) is 2.80. The molecule has 0 aromatic rings. The lowest BCUT2D eigenvalue weighted by Gasteiger charge is -2.37. The van der Waals surface area contributed by atoms with Crippen molar-refractivity contribution in [3.63, 3.8) is 0 Å². The van der Waals surface area contributed by atoms with Crippen LogP contribution in [-0.2, 0) is 9.63 Å². The van der Waals surface area contributed by atoms with E-state index in [2.05, 4.69) is 10.2 Å². The van der Waals surface area contributed by atoms with Gasteiger partial charge in [0.25, 0.3) is 5.91 Å². The quantitative estimate of drug-likeness (QED) is 0.748. The van der Waals surface area contributed by atoms with Crippen molar-refractivity contribution in [2.45, 2.75) is 38.9 Å². The average Bonchev–Trinajstić information content (AvgIpc) is 2.14.